The number of fused-ring (bicyclic) bond motifs is 3. The molecule has 5 nitrogen and oxygen atoms in total. The van der Waals surface area contributed by atoms with E-state index in [1.54, 1.807) is 23.4 Å². The molecule has 0 saturated carbocycles. The first-order valence-corrected chi connectivity index (χ1v) is 9.43. The van der Waals surface area contributed by atoms with Crippen molar-refractivity contribution in [3.05, 3.63) is 65.4 Å². The lowest BCUT2D eigenvalue weighted by Crippen LogP contribution is -2.08. The number of hydrogen-bond donors (Lipinski definition) is 1. The summed E-state index contributed by atoms with van der Waals surface area (Å²) in [7, 11) is 0. The molecule has 0 radical (unpaired) electrons. The number of thioether (sulfide) groups is 1. The van der Waals surface area contributed by atoms with Gasteiger partial charge in [0, 0.05) is 21.8 Å². The van der Waals surface area contributed by atoms with E-state index in [9.17, 15) is 9.90 Å². The van der Waals surface area contributed by atoms with Gasteiger partial charge in [-0.1, -0.05) is 24.3 Å². The summed E-state index contributed by atoms with van der Waals surface area (Å²) in [6.45, 7) is 2.07. The maximum Gasteiger partial charge on any atom is 0.359 e. The highest BCUT2D eigenvalue weighted by atomic mass is 32.2. The van der Waals surface area contributed by atoms with Crippen molar-refractivity contribution in [2.24, 2.45) is 0 Å². The topological polar surface area (TPSA) is 64.3 Å². The molecule has 132 valence electrons. The van der Waals surface area contributed by atoms with Crippen LogP contribution in [0.4, 0.5) is 0 Å². The zero-order valence-electron chi connectivity index (χ0n) is 14.3. The molecule has 1 N–H and O–H groups in total. The molecule has 0 amide bonds. The molecular weight excluding hydrogens is 348 g/mol. The summed E-state index contributed by atoms with van der Waals surface area (Å²) in [5, 5.41) is 14.1. The smallest absolute Gasteiger partial charge is 0.359 e. The number of para-hydroxylation sites is 1. The van der Waals surface area contributed by atoms with Gasteiger partial charge in [-0.15, -0.1) is 11.8 Å². The second-order valence-corrected chi connectivity index (χ2v) is 6.94. The van der Waals surface area contributed by atoms with Crippen LogP contribution in [0.25, 0.3) is 16.9 Å². The fraction of sp³-hybridized carbons (Fsp3) is 0.200. The zero-order chi connectivity index (χ0) is 18.1. The van der Waals surface area contributed by atoms with Gasteiger partial charge in [-0.3, -0.25) is 0 Å². The van der Waals surface area contributed by atoms with E-state index in [1.807, 2.05) is 48.5 Å². The van der Waals surface area contributed by atoms with Crippen molar-refractivity contribution >= 4 is 17.7 Å². The van der Waals surface area contributed by atoms with Crippen LogP contribution in [0, 0.1) is 0 Å². The Morgan fingerprint density at radius 2 is 2.08 bits per heavy atom. The summed E-state index contributed by atoms with van der Waals surface area (Å²) < 4.78 is 7.02. The lowest BCUT2D eigenvalue weighted by molar-refractivity contribution is 0.0518. The number of carbonyl (C=O) groups excluding carboxylic acids is 1. The van der Waals surface area contributed by atoms with Gasteiger partial charge >= 0.3 is 5.97 Å². The van der Waals surface area contributed by atoms with Crippen molar-refractivity contribution in [3.8, 4) is 16.9 Å². The van der Waals surface area contributed by atoms with Crippen LogP contribution in [0.5, 0.6) is 0 Å². The molecule has 6 heteroatoms. The van der Waals surface area contributed by atoms with Crippen molar-refractivity contribution in [3.63, 3.8) is 0 Å². The van der Waals surface area contributed by atoms with Crippen LogP contribution in [0.2, 0.25) is 0 Å². The Labute approximate surface area is 155 Å². The number of ether oxygens (including phenoxy) is 1. The van der Waals surface area contributed by atoms with Gasteiger partial charge in [-0.2, -0.15) is 5.10 Å². The molecule has 3 aromatic rings. The Hall–Kier alpha value is -2.57. The predicted molar refractivity (Wildman–Crippen MR) is 100 cm³/mol. The standard InChI is InChI=1S/C20H18N2O3S/c1-2-25-20(24)18-16-12-26-17-9-8-13(11-23)10-15(17)19(16)22(21-18)14-6-4-3-5-7-14/h3-10,23H,2,11-12H2,1H3. The first kappa shape index (κ1) is 16.9. The Morgan fingerprint density at radius 1 is 1.27 bits per heavy atom. The molecule has 1 aliphatic rings. The highest BCUT2D eigenvalue weighted by Crippen LogP contribution is 2.44. The van der Waals surface area contributed by atoms with Crippen molar-refractivity contribution in [1.82, 2.24) is 9.78 Å². The van der Waals surface area contributed by atoms with E-state index in [2.05, 4.69) is 5.10 Å². The first-order chi connectivity index (χ1) is 12.7. The van der Waals surface area contributed by atoms with E-state index < -0.39 is 5.97 Å². The molecule has 0 saturated heterocycles. The minimum atomic E-state index is -0.402. The number of benzene rings is 2. The van der Waals surface area contributed by atoms with Crippen LogP contribution in [0.15, 0.2) is 53.4 Å². The fourth-order valence-corrected chi connectivity index (χ4v) is 4.17. The largest absolute Gasteiger partial charge is 0.461 e. The minimum absolute atomic E-state index is 0.0303. The molecule has 4 rings (SSSR count). The molecule has 2 heterocycles. The van der Waals surface area contributed by atoms with Gasteiger partial charge in [-0.25, -0.2) is 9.48 Å². The van der Waals surface area contributed by atoms with Gasteiger partial charge in [-0.05, 0) is 36.8 Å². The number of hydrogen-bond acceptors (Lipinski definition) is 5. The monoisotopic (exact) mass is 366 g/mol. The van der Waals surface area contributed by atoms with E-state index in [0.29, 0.717) is 18.1 Å². The number of carbonyl (C=O) groups is 1. The number of esters is 1. The van der Waals surface area contributed by atoms with Gasteiger partial charge in [0.1, 0.15) is 0 Å². The van der Waals surface area contributed by atoms with Crippen molar-refractivity contribution in [2.45, 2.75) is 24.2 Å². The molecule has 2 aromatic carbocycles. The van der Waals surface area contributed by atoms with Gasteiger partial charge in [0.05, 0.1) is 24.6 Å². The van der Waals surface area contributed by atoms with Crippen LogP contribution in [0.3, 0.4) is 0 Å². The number of aliphatic hydroxyl groups excluding tert-OH is 1. The quantitative estimate of drug-likeness (QED) is 0.711. The SMILES string of the molecule is CCOC(=O)c1nn(-c2ccccc2)c2c1CSc1ccc(CO)cc1-2. The minimum Gasteiger partial charge on any atom is -0.461 e. The molecule has 0 aliphatic carbocycles. The summed E-state index contributed by atoms with van der Waals surface area (Å²) in [6, 6.07) is 15.6. The second-order valence-electron chi connectivity index (χ2n) is 5.92. The third-order valence-corrected chi connectivity index (χ3v) is 5.41. The van der Waals surface area contributed by atoms with E-state index in [-0.39, 0.29) is 6.61 Å². The van der Waals surface area contributed by atoms with E-state index >= 15 is 0 Å². The van der Waals surface area contributed by atoms with E-state index in [1.165, 1.54) is 0 Å². The average molecular weight is 366 g/mol. The van der Waals surface area contributed by atoms with Crippen LogP contribution < -0.4 is 0 Å². The normalized spacial score (nSPS) is 12.4. The van der Waals surface area contributed by atoms with Gasteiger partial charge in [0.2, 0.25) is 0 Å². The molecule has 0 bridgehead atoms. The van der Waals surface area contributed by atoms with Crippen molar-refractivity contribution < 1.29 is 14.6 Å². The van der Waals surface area contributed by atoms with Crippen LogP contribution in [-0.4, -0.2) is 27.5 Å². The lowest BCUT2D eigenvalue weighted by atomic mass is 10.0. The Balaban J connectivity index is 1.97. The molecule has 1 aromatic heterocycles. The Morgan fingerprint density at radius 3 is 2.81 bits per heavy atom. The number of aromatic nitrogens is 2. The molecule has 0 atom stereocenters. The summed E-state index contributed by atoms with van der Waals surface area (Å²) in [4.78, 5) is 13.6. The average Bonchev–Trinajstić information content (AvgIpc) is 3.08. The molecule has 1 aliphatic heterocycles. The predicted octanol–water partition coefficient (Wildman–Crippen LogP) is 3.81. The fourth-order valence-electron chi connectivity index (χ4n) is 3.12. The van der Waals surface area contributed by atoms with E-state index in [0.717, 1.165) is 33.0 Å². The number of rotatable bonds is 4. The van der Waals surface area contributed by atoms with Crippen LogP contribution in [-0.2, 0) is 17.1 Å². The Bertz CT molecular complexity index is 967. The number of nitrogens with zero attached hydrogens (tertiary/aromatic N) is 2. The number of aliphatic hydroxyl groups is 1. The summed E-state index contributed by atoms with van der Waals surface area (Å²) in [5.41, 5.74) is 4.82. The molecule has 26 heavy (non-hydrogen) atoms. The summed E-state index contributed by atoms with van der Waals surface area (Å²) in [5.74, 6) is 0.253. The second kappa shape index (κ2) is 6.97. The van der Waals surface area contributed by atoms with Crippen molar-refractivity contribution in [2.75, 3.05) is 6.61 Å². The van der Waals surface area contributed by atoms with Crippen molar-refractivity contribution in [1.29, 1.82) is 0 Å². The van der Waals surface area contributed by atoms with Crippen LogP contribution in [0.1, 0.15) is 28.5 Å². The molecule has 0 unspecified atom stereocenters. The molecule has 0 spiro atoms. The maximum atomic E-state index is 12.4. The molecule has 0 fully saturated rings. The third-order valence-electron chi connectivity index (χ3n) is 4.31. The summed E-state index contributed by atoms with van der Waals surface area (Å²) in [6.07, 6.45) is 0. The van der Waals surface area contributed by atoms with Gasteiger partial charge < -0.3 is 9.84 Å². The summed E-state index contributed by atoms with van der Waals surface area (Å²) >= 11 is 1.67. The third kappa shape index (κ3) is 2.81. The van der Waals surface area contributed by atoms with Gasteiger partial charge in [0.15, 0.2) is 5.69 Å². The lowest BCUT2D eigenvalue weighted by Gasteiger charge is -2.19. The first-order valence-electron chi connectivity index (χ1n) is 8.44. The van der Waals surface area contributed by atoms with E-state index in [4.69, 9.17) is 4.74 Å². The maximum absolute atomic E-state index is 12.4. The Kier molecular flexibility index (Phi) is 4.53. The zero-order valence-corrected chi connectivity index (χ0v) is 15.1. The van der Waals surface area contributed by atoms with Gasteiger partial charge in [0.25, 0.3) is 0 Å². The highest BCUT2D eigenvalue weighted by molar-refractivity contribution is 7.98. The molecular formula is C20H18N2O3S. The van der Waals surface area contributed by atoms with Crippen LogP contribution >= 0.6 is 11.8 Å². The highest BCUT2D eigenvalue weighted by Gasteiger charge is 2.30.